The van der Waals surface area contributed by atoms with E-state index in [9.17, 15) is 4.79 Å². The lowest BCUT2D eigenvalue weighted by molar-refractivity contribution is 0.0922. The zero-order valence-corrected chi connectivity index (χ0v) is 14.3. The summed E-state index contributed by atoms with van der Waals surface area (Å²) in [4.78, 5) is 23.7. The summed E-state index contributed by atoms with van der Waals surface area (Å²) in [5.41, 5.74) is 0.511. The quantitative estimate of drug-likeness (QED) is 0.931. The minimum Gasteiger partial charge on any atom is -0.356 e. The highest BCUT2D eigenvalue weighted by molar-refractivity contribution is 5.93. The zero-order chi connectivity index (χ0) is 16.2. The molecule has 0 spiro atoms. The molecule has 0 unspecified atom stereocenters. The lowest BCUT2D eigenvalue weighted by Crippen LogP contribution is -2.37. The molecule has 0 atom stereocenters. The Bertz CT molecular complexity index is 546. The van der Waals surface area contributed by atoms with Gasteiger partial charge in [-0.25, -0.2) is 9.97 Å². The van der Waals surface area contributed by atoms with Crippen LogP contribution in [0.5, 0.6) is 0 Å². The highest BCUT2D eigenvalue weighted by Gasteiger charge is 2.21. The van der Waals surface area contributed by atoms with Crippen molar-refractivity contribution in [3.63, 3.8) is 0 Å². The topological polar surface area (TPSA) is 58.1 Å². The molecule has 1 saturated carbocycles. The Morgan fingerprint density at radius 3 is 2.52 bits per heavy atom. The van der Waals surface area contributed by atoms with Crippen LogP contribution in [-0.2, 0) is 0 Å². The molecule has 0 aromatic carbocycles. The summed E-state index contributed by atoms with van der Waals surface area (Å²) < 4.78 is 0. The van der Waals surface area contributed by atoms with Gasteiger partial charge in [-0.05, 0) is 38.5 Å². The SMILES string of the molecule is Cc1nc(C(=O)NC2CCCCC2)cc(N2CCC(C)CC2)n1. The number of nitrogens with one attached hydrogen (secondary N) is 1. The van der Waals surface area contributed by atoms with Crippen LogP contribution in [0.2, 0.25) is 0 Å². The van der Waals surface area contributed by atoms with E-state index in [0.29, 0.717) is 17.6 Å². The molecule has 1 aliphatic carbocycles. The lowest BCUT2D eigenvalue weighted by Gasteiger charge is -2.31. The van der Waals surface area contributed by atoms with E-state index in [0.717, 1.165) is 37.7 Å². The molecular formula is C18H28N4O. The van der Waals surface area contributed by atoms with Gasteiger partial charge in [0.25, 0.3) is 5.91 Å². The van der Waals surface area contributed by atoms with Gasteiger partial charge in [-0.2, -0.15) is 0 Å². The molecule has 1 amide bonds. The average molecular weight is 316 g/mol. The van der Waals surface area contributed by atoms with E-state index in [1.54, 1.807) is 0 Å². The van der Waals surface area contributed by atoms with Gasteiger partial charge in [0.2, 0.25) is 0 Å². The maximum atomic E-state index is 12.5. The predicted octanol–water partition coefficient (Wildman–Crippen LogP) is 3.08. The van der Waals surface area contributed by atoms with E-state index in [1.165, 1.54) is 32.1 Å². The summed E-state index contributed by atoms with van der Waals surface area (Å²) >= 11 is 0. The van der Waals surface area contributed by atoms with Crippen molar-refractivity contribution in [3.8, 4) is 0 Å². The maximum absolute atomic E-state index is 12.5. The van der Waals surface area contributed by atoms with Crippen molar-refractivity contribution in [2.45, 2.75) is 64.8 Å². The number of anilines is 1. The molecule has 126 valence electrons. The van der Waals surface area contributed by atoms with Crippen LogP contribution in [0.4, 0.5) is 5.82 Å². The molecule has 5 nitrogen and oxygen atoms in total. The number of nitrogens with zero attached hydrogens (tertiary/aromatic N) is 3. The Morgan fingerprint density at radius 1 is 1.13 bits per heavy atom. The monoisotopic (exact) mass is 316 g/mol. The summed E-state index contributed by atoms with van der Waals surface area (Å²) in [5.74, 6) is 2.31. The largest absolute Gasteiger partial charge is 0.356 e. The third-order valence-electron chi connectivity index (χ3n) is 5.11. The number of carbonyl (C=O) groups excluding carboxylic acids is 1. The minimum absolute atomic E-state index is 0.0472. The van der Waals surface area contributed by atoms with Crippen molar-refractivity contribution >= 4 is 11.7 Å². The molecule has 2 heterocycles. The van der Waals surface area contributed by atoms with E-state index in [4.69, 9.17) is 0 Å². The van der Waals surface area contributed by atoms with Crippen LogP contribution < -0.4 is 10.2 Å². The number of carbonyl (C=O) groups is 1. The van der Waals surface area contributed by atoms with E-state index >= 15 is 0 Å². The molecule has 1 aliphatic heterocycles. The standard InChI is InChI=1S/C18H28N4O/c1-13-8-10-22(11-9-13)17-12-16(19-14(2)20-17)18(23)21-15-6-4-3-5-7-15/h12-13,15H,3-11H2,1-2H3,(H,21,23). The van der Waals surface area contributed by atoms with E-state index in [-0.39, 0.29) is 5.91 Å². The van der Waals surface area contributed by atoms with Crippen molar-refractivity contribution in [1.82, 2.24) is 15.3 Å². The fraction of sp³-hybridized carbons (Fsp3) is 0.722. The Balaban J connectivity index is 1.70. The Kier molecular flexibility index (Phi) is 5.13. The van der Waals surface area contributed by atoms with Gasteiger partial charge in [-0.1, -0.05) is 26.2 Å². The maximum Gasteiger partial charge on any atom is 0.270 e. The summed E-state index contributed by atoms with van der Waals surface area (Å²) in [6.07, 6.45) is 8.27. The summed E-state index contributed by atoms with van der Waals surface area (Å²) in [6, 6.07) is 2.17. The highest BCUT2D eigenvalue weighted by Crippen LogP contribution is 2.22. The van der Waals surface area contributed by atoms with Crippen LogP contribution in [-0.4, -0.2) is 35.0 Å². The van der Waals surface area contributed by atoms with Gasteiger partial charge >= 0.3 is 0 Å². The second-order valence-corrected chi connectivity index (χ2v) is 7.14. The number of hydrogen-bond acceptors (Lipinski definition) is 4. The molecule has 3 rings (SSSR count). The van der Waals surface area contributed by atoms with E-state index in [2.05, 4.69) is 27.1 Å². The highest BCUT2D eigenvalue weighted by atomic mass is 16.1. The van der Waals surface area contributed by atoms with Crippen LogP contribution in [0.1, 0.15) is 68.2 Å². The summed E-state index contributed by atoms with van der Waals surface area (Å²) in [5, 5.41) is 3.15. The molecule has 1 aromatic rings. The van der Waals surface area contributed by atoms with Crippen LogP contribution in [0.3, 0.4) is 0 Å². The first-order chi connectivity index (χ1) is 11.1. The number of rotatable bonds is 3. The van der Waals surface area contributed by atoms with Gasteiger partial charge in [-0.15, -0.1) is 0 Å². The minimum atomic E-state index is -0.0472. The van der Waals surface area contributed by atoms with Gasteiger partial charge < -0.3 is 10.2 Å². The first-order valence-corrected chi connectivity index (χ1v) is 9.03. The number of aryl methyl sites for hydroxylation is 1. The summed E-state index contributed by atoms with van der Waals surface area (Å²) in [6.45, 7) is 6.20. The molecule has 0 bridgehead atoms. The third kappa shape index (κ3) is 4.21. The number of amides is 1. The van der Waals surface area contributed by atoms with Crippen LogP contribution in [0, 0.1) is 12.8 Å². The Morgan fingerprint density at radius 2 is 1.83 bits per heavy atom. The normalized spacial score (nSPS) is 20.5. The molecular weight excluding hydrogens is 288 g/mol. The van der Waals surface area contributed by atoms with Gasteiger partial charge in [0.15, 0.2) is 0 Å². The molecule has 2 fully saturated rings. The van der Waals surface area contributed by atoms with E-state index < -0.39 is 0 Å². The van der Waals surface area contributed by atoms with Crippen molar-refractivity contribution < 1.29 is 4.79 Å². The number of aromatic nitrogens is 2. The first kappa shape index (κ1) is 16.2. The van der Waals surface area contributed by atoms with Crippen molar-refractivity contribution in [3.05, 3.63) is 17.6 Å². The third-order valence-corrected chi connectivity index (χ3v) is 5.11. The van der Waals surface area contributed by atoms with Crippen LogP contribution in [0.15, 0.2) is 6.07 Å². The Hall–Kier alpha value is -1.65. The second-order valence-electron chi connectivity index (χ2n) is 7.14. The predicted molar refractivity (Wildman–Crippen MR) is 91.7 cm³/mol. The molecule has 0 radical (unpaired) electrons. The van der Waals surface area contributed by atoms with Gasteiger partial charge in [0.1, 0.15) is 17.3 Å². The smallest absolute Gasteiger partial charge is 0.270 e. The number of hydrogen-bond donors (Lipinski definition) is 1. The van der Waals surface area contributed by atoms with Gasteiger partial charge in [0.05, 0.1) is 0 Å². The fourth-order valence-corrected chi connectivity index (χ4v) is 3.57. The van der Waals surface area contributed by atoms with Crippen LogP contribution in [0.25, 0.3) is 0 Å². The fourth-order valence-electron chi connectivity index (χ4n) is 3.57. The average Bonchev–Trinajstić information content (AvgIpc) is 2.56. The van der Waals surface area contributed by atoms with Gasteiger partial charge in [0, 0.05) is 25.2 Å². The molecule has 5 heteroatoms. The summed E-state index contributed by atoms with van der Waals surface area (Å²) in [7, 11) is 0. The molecule has 2 aliphatic rings. The first-order valence-electron chi connectivity index (χ1n) is 9.03. The Labute approximate surface area is 138 Å². The van der Waals surface area contributed by atoms with Crippen molar-refractivity contribution in [1.29, 1.82) is 0 Å². The molecule has 1 saturated heterocycles. The second kappa shape index (κ2) is 7.28. The van der Waals surface area contributed by atoms with E-state index in [1.807, 2.05) is 13.0 Å². The van der Waals surface area contributed by atoms with Gasteiger partial charge in [-0.3, -0.25) is 4.79 Å². The van der Waals surface area contributed by atoms with Crippen molar-refractivity contribution in [2.75, 3.05) is 18.0 Å². The molecule has 23 heavy (non-hydrogen) atoms. The lowest BCUT2D eigenvalue weighted by atomic mass is 9.95. The number of piperidine rings is 1. The zero-order valence-electron chi connectivity index (χ0n) is 14.3. The van der Waals surface area contributed by atoms with Crippen molar-refractivity contribution in [2.24, 2.45) is 5.92 Å². The molecule has 1 N–H and O–H groups in total. The molecule has 1 aromatic heterocycles. The van der Waals surface area contributed by atoms with Crippen LogP contribution >= 0.6 is 0 Å².